The van der Waals surface area contributed by atoms with E-state index in [9.17, 15) is 8.42 Å². The Morgan fingerprint density at radius 3 is 2.45 bits per heavy atom. The molecule has 2 aromatic rings. The van der Waals surface area contributed by atoms with Crippen LogP contribution in [0.15, 0.2) is 32.2 Å². The first-order valence-electron chi connectivity index (χ1n) is 5.45. The summed E-state index contributed by atoms with van der Waals surface area (Å²) in [5, 5.41) is 0.897. The SMILES string of the molecule is Cc1ncc(CNS(=O)(=O)c2c(Br)cc(N)cc2Br)s1. The number of nitrogen functional groups attached to an aromatic ring is 1. The molecule has 0 atom stereocenters. The average Bonchev–Trinajstić information content (AvgIpc) is 2.71. The van der Waals surface area contributed by atoms with E-state index in [1.54, 1.807) is 18.3 Å². The van der Waals surface area contributed by atoms with Crippen LogP contribution in [0.3, 0.4) is 0 Å². The lowest BCUT2D eigenvalue weighted by molar-refractivity contribution is 0.581. The maximum absolute atomic E-state index is 12.3. The van der Waals surface area contributed by atoms with E-state index in [4.69, 9.17) is 5.73 Å². The molecule has 0 aliphatic rings. The fourth-order valence-electron chi connectivity index (χ4n) is 1.56. The zero-order valence-electron chi connectivity index (χ0n) is 10.4. The number of sulfonamides is 1. The van der Waals surface area contributed by atoms with Crippen LogP contribution in [0.1, 0.15) is 9.88 Å². The molecule has 1 heterocycles. The van der Waals surface area contributed by atoms with Crippen molar-refractivity contribution in [3.8, 4) is 0 Å². The smallest absolute Gasteiger partial charge is 0.243 e. The van der Waals surface area contributed by atoms with Gasteiger partial charge in [0.1, 0.15) is 4.90 Å². The van der Waals surface area contributed by atoms with Crippen molar-refractivity contribution in [1.82, 2.24) is 9.71 Å². The molecule has 0 spiro atoms. The molecule has 1 aromatic heterocycles. The number of anilines is 1. The van der Waals surface area contributed by atoms with E-state index in [0.29, 0.717) is 14.6 Å². The molecule has 2 rings (SSSR count). The van der Waals surface area contributed by atoms with Crippen molar-refractivity contribution < 1.29 is 8.42 Å². The number of nitrogens with zero attached hydrogens (tertiary/aromatic N) is 1. The third kappa shape index (κ3) is 3.59. The normalized spacial score (nSPS) is 11.8. The summed E-state index contributed by atoms with van der Waals surface area (Å²) < 4.78 is 28.1. The molecule has 0 saturated heterocycles. The predicted molar refractivity (Wildman–Crippen MR) is 87.1 cm³/mol. The average molecular weight is 441 g/mol. The van der Waals surface area contributed by atoms with E-state index >= 15 is 0 Å². The van der Waals surface area contributed by atoms with Crippen molar-refractivity contribution in [2.75, 3.05) is 5.73 Å². The van der Waals surface area contributed by atoms with Crippen LogP contribution in [-0.2, 0) is 16.6 Å². The Morgan fingerprint density at radius 1 is 1.35 bits per heavy atom. The molecule has 108 valence electrons. The van der Waals surface area contributed by atoms with Crippen LogP contribution in [0.2, 0.25) is 0 Å². The Balaban J connectivity index is 2.27. The summed E-state index contributed by atoms with van der Waals surface area (Å²) >= 11 is 7.90. The first kappa shape index (κ1) is 15.9. The lowest BCUT2D eigenvalue weighted by atomic mass is 10.3. The van der Waals surface area contributed by atoms with Crippen LogP contribution in [0, 0.1) is 6.92 Å². The van der Waals surface area contributed by atoms with Crippen molar-refractivity contribution in [2.24, 2.45) is 0 Å². The molecular weight excluding hydrogens is 430 g/mol. The first-order valence-corrected chi connectivity index (χ1v) is 9.33. The molecule has 3 N–H and O–H groups in total. The van der Waals surface area contributed by atoms with E-state index in [2.05, 4.69) is 41.6 Å². The van der Waals surface area contributed by atoms with Crippen LogP contribution in [0.25, 0.3) is 0 Å². The minimum absolute atomic E-state index is 0.132. The third-order valence-corrected chi connectivity index (χ3v) is 6.59. The second-order valence-corrected chi connectivity index (χ2v) is 8.72. The Labute approximate surface area is 137 Å². The van der Waals surface area contributed by atoms with Gasteiger partial charge >= 0.3 is 0 Å². The number of hydrogen-bond acceptors (Lipinski definition) is 5. The van der Waals surface area contributed by atoms with Gasteiger partial charge in [-0.15, -0.1) is 11.3 Å². The Hall–Kier alpha value is -0.480. The summed E-state index contributed by atoms with van der Waals surface area (Å²) in [6.45, 7) is 2.08. The van der Waals surface area contributed by atoms with Gasteiger partial charge in [-0.1, -0.05) is 0 Å². The van der Waals surface area contributed by atoms with Gasteiger partial charge in [0.2, 0.25) is 10.0 Å². The highest BCUT2D eigenvalue weighted by Gasteiger charge is 2.21. The highest BCUT2D eigenvalue weighted by Crippen LogP contribution is 2.32. The number of nitrogens with one attached hydrogen (secondary N) is 1. The van der Waals surface area contributed by atoms with Crippen LogP contribution >= 0.6 is 43.2 Å². The number of aryl methyl sites for hydroxylation is 1. The number of aromatic nitrogens is 1. The molecule has 0 amide bonds. The molecule has 9 heteroatoms. The predicted octanol–water partition coefficient (Wildman–Crippen LogP) is 3.04. The van der Waals surface area contributed by atoms with Gasteiger partial charge in [-0.3, -0.25) is 0 Å². The zero-order valence-corrected chi connectivity index (χ0v) is 15.2. The zero-order chi connectivity index (χ0) is 14.9. The lowest BCUT2D eigenvalue weighted by Crippen LogP contribution is -2.23. The monoisotopic (exact) mass is 439 g/mol. The number of benzene rings is 1. The van der Waals surface area contributed by atoms with E-state index < -0.39 is 10.0 Å². The summed E-state index contributed by atoms with van der Waals surface area (Å²) in [6, 6.07) is 3.10. The molecule has 1 aromatic carbocycles. The Kier molecular flexibility index (Phi) is 4.85. The summed E-state index contributed by atoms with van der Waals surface area (Å²) in [5.41, 5.74) is 6.13. The van der Waals surface area contributed by atoms with Crippen LogP contribution in [-0.4, -0.2) is 13.4 Å². The van der Waals surface area contributed by atoms with Crippen molar-refractivity contribution in [3.63, 3.8) is 0 Å². The second kappa shape index (κ2) is 6.10. The van der Waals surface area contributed by atoms with E-state index in [-0.39, 0.29) is 11.4 Å². The quantitative estimate of drug-likeness (QED) is 0.715. The van der Waals surface area contributed by atoms with Gasteiger partial charge < -0.3 is 5.73 Å². The highest BCUT2D eigenvalue weighted by atomic mass is 79.9. The van der Waals surface area contributed by atoms with E-state index in [1.165, 1.54) is 11.3 Å². The Morgan fingerprint density at radius 2 is 1.95 bits per heavy atom. The number of halogens is 2. The number of hydrogen-bond donors (Lipinski definition) is 2. The Bertz CT molecular complexity index is 721. The van der Waals surface area contributed by atoms with E-state index in [1.807, 2.05) is 6.92 Å². The maximum Gasteiger partial charge on any atom is 0.243 e. The molecular formula is C11H11Br2N3O2S2. The van der Waals surface area contributed by atoms with Gasteiger partial charge in [0.25, 0.3) is 0 Å². The highest BCUT2D eigenvalue weighted by molar-refractivity contribution is 9.11. The first-order chi connectivity index (χ1) is 9.29. The summed E-state index contributed by atoms with van der Waals surface area (Å²) in [6.07, 6.45) is 1.66. The molecule has 0 unspecified atom stereocenters. The topological polar surface area (TPSA) is 85.1 Å². The molecule has 0 radical (unpaired) electrons. The number of nitrogens with two attached hydrogens (primary N) is 1. The molecule has 0 bridgehead atoms. The van der Waals surface area contributed by atoms with Crippen molar-refractivity contribution >= 4 is 58.9 Å². The molecule has 0 aliphatic heterocycles. The molecule has 0 saturated carbocycles. The van der Waals surface area contributed by atoms with Gasteiger partial charge in [0.15, 0.2) is 0 Å². The molecule has 0 aliphatic carbocycles. The minimum atomic E-state index is -3.65. The van der Waals surface area contributed by atoms with Crippen molar-refractivity contribution in [2.45, 2.75) is 18.4 Å². The summed E-state index contributed by atoms with van der Waals surface area (Å²) in [4.78, 5) is 5.07. The lowest BCUT2D eigenvalue weighted by Gasteiger charge is -2.10. The molecule has 0 fully saturated rings. The van der Waals surface area contributed by atoms with Gasteiger partial charge in [-0.25, -0.2) is 18.1 Å². The fraction of sp³-hybridized carbons (Fsp3) is 0.182. The minimum Gasteiger partial charge on any atom is -0.399 e. The number of rotatable bonds is 4. The molecule has 5 nitrogen and oxygen atoms in total. The van der Waals surface area contributed by atoms with Gasteiger partial charge in [-0.05, 0) is 50.9 Å². The maximum atomic E-state index is 12.3. The number of thiazole rings is 1. The standard InChI is InChI=1S/C11H11Br2N3O2S2/c1-6-15-4-8(19-6)5-16-20(17,18)11-9(12)2-7(14)3-10(11)13/h2-4,16H,5,14H2,1H3. The van der Waals surface area contributed by atoms with Crippen LogP contribution in [0.5, 0.6) is 0 Å². The second-order valence-electron chi connectivity index (χ2n) is 3.98. The largest absolute Gasteiger partial charge is 0.399 e. The fourth-order valence-corrected chi connectivity index (χ4v) is 6.01. The van der Waals surface area contributed by atoms with Crippen LogP contribution in [0.4, 0.5) is 5.69 Å². The van der Waals surface area contributed by atoms with Gasteiger partial charge in [-0.2, -0.15) is 0 Å². The van der Waals surface area contributed by atoms with Gasteiger partial charge in [0.05, 0.1) is 5.01 Å². The van der Waals surface area contributed by atoms with Crippen molar-refractivity contribution in [3.05, 3.63) is 37.2 Å². The molecule has 20 heavy (non-hydrogen) atoms. The summed E-state index contributed by atoms with van der Waals surface area (Å²) in [5.74, 6) is 0. The van der Waals surface area contributed by atoms with E-state index in [0.717, 1.165) is 9.88 Å². The van der Waals surface area contributed by atoms with Crippen LogP contribution < -0.4 is 10.5 Å². The van der Waals surface area contributed by atoms with Gasteiger partial charge in [0, 0.05) is 32.3 Å². The third-order valence-electron chi connectivity index (χ3n) is 2.39. The van der Waals surface area contributed by atoms with Crippen molar-refractivity contribution in [1.29, 1.82) is 0 Å². The summed E-state index contributed by atoms with van der Waals surface area (Å²) in [7, 11) is -3.65.